The first kappa shape index (κ1) is 12.7. The standard InChI is InChI=1S/C9H16F4N2/c1-15(6-9(11,12)13)5-3-8-7(10)2-4-14-8/h7-8,14H,2-6H2,1H3. The molecule has 2 unspecified atom stereocenters. The normalized spacial score (nSPS) is 27.6. The van der Waals surface area contributed by atoms with E-state index in [9.17, 15) is 17.6 Å². The van der Waals surface area contributed by atoms with Gasteiger partial charge in [-0.2, -0.15) is 13.2 Å². The number of rotatable bonds is 4. The van der Waals surface area contributed by atoms with Crippen LogP contribution in [0.4, 0.5) is 17.6 Å². The second-order valence-electron chi connectivity index (χ2n) is 4.01. The van der Waals surface area contributed by atoms with Gasteiger partial charge >= 0.3 is 6.18 Å². The van der Waals surface area contributed by atoms with Gasteiger partial charge in [-0.25, -0.2) is 4.39 Å². The Bertz CT molecular complexity index is 195. The van der Waals surface area contributed by atoms with Gasteiger partial charge in [-0.1, -0.05) is 0 Å². The van der Waals surface area contributed by atoms with Crippen LogP contribution in [0.15, 0.2) is 0 Å². The van der Waals surface area contributed by atoms with E-state index in [-0.39, 0.29) is 12.6 Å². The van der Waals surface area contributed by atoms with Gasteiger partial charge in [0.1, 0.15) is 6.17 Å². The number of nitrogens with zero attached hydrogens (tertiary/aromatic N) is 1. The molecule has 2 nitrogen and oxygen atoms in total. The molecule has 0 aromatic rings. The smallest absolute Gasteiger partial charge is 0.311 e. The molecule has 0 aromatic carbocycles. The van der Waals surface area contributed by atoms with Crippen LogP contribution in [0.25, 0.3) is 0 Å². The van der Waals surface area contributed by atoms with Gasteiger partial charge in [-0.05, 0) is 33.0 Å². The molecule has 0 saturated carbocycles. The third-order valence-corrected chi connectivity index (χ3v) is 2.53. The van der Waals surface area contributed by atoms with Crippen LogP contribution >= 0.6 is 0 Å². The first-order valence-electron chi connectivity index (χ1n) is 5.01. The molecule has 0 aromatic heterocycles. The molecule has 0 radical (unpaired) electrons. The Balaban J connectivity index is 2.19. The van der Waals surface area contributed by atoms with Crippen molar-refractivity contribution >= 4 is 0 Å². The summed E-state index contributed by atoms with van der Waals surface area (Å²) in [6.45, 7) is -0.0525. The number of hydrogen-bond acceptors (Lipinski definition) is 2. The van der Waals surface area contributed by atoms with Crippen molar-refractivity contribution in [1.29, 1.82) is 0 Å². The number of hydrogen-bond donors (Lipinski definition) is 1. The van der Waals surface area contributed by atoms with Crippen LogP contribution < -0.4 is 5.32 Å². The summed E-state index contributed by atoms with van der Waals surface area (Å²) in [6, 6.07) is -0.277. The van der Waals surface area contributed by atoms with Crippen molar-refractivity contribution in [2.45, 2.75) is 31.2 Å². The molecular weight excluding hydrogens is 212 g/mol. The van der Waals surface area contributed by atoms with E-state index >= 15 is 0 Å². The molecule has 1 saturated heterocycles. The van der Waals surface area contributed by atoms with Crippen molar-refractivity contribution < 1.29 is 17.6 Å². The van der Waals surface area contributed by atoms with Crippen LogP contribution in [0, 0.1) is 0 Å². The summed E-state index contributed by atoms with van der Waals surface area (Å²) in [5.74, 6) is 0. The Morgan fingerprint density at radius 3 is 2.53 bits per heavy atom. The Hall–Kier alpha value is -0.360. The molecule has 6 heteroatoms. The minimum absolute atomic E-state index is 0.262. The predicted octanol–water partition coefficient (Wildman–Crippen LogP) is 1.57. The Morgan fingerprint density at radius 2 is 2.07 bits per heavy atom. The van der Waals surface area contributed by atoms with Crippen LogP contribution in [0.1, 0.15) is 12.8 Å². The highest BCUT2D eigenvalue weighted by Gasteiger charge is 2.30. The van der Waals surface area contributed by atoms with Crippen LogP contribution in [-0.4, -0.2) is 50.0 Å². The van der Waals surface area contributed by atoms with Crippen LogP contribution in [0.5, 0.6) is 0 Å². The molecule has 2 atom stereocenters. The average Bonchev–Trinajstić information content (AvgIpc) is 2.44. The minimum Gasteiger partial charge on any atom is -0.311 e. The highest BCUT2D eigenvalue weighted by molar-refractivity contribution is 4.84. The molecule has 90 valence electrons. The van der Waals surface area contributed by atoms with Gasteiger partial charge in [0.2, 0.25) is 0 Å². The van der Waals surface area contributed by atoms with Gasteiger partial charge in [-0.3, -0.25) is 4.90 Å². The fourth-order valence-corrected chi connectivity index (χ4v) is 1.76. The van der Waals surface area contributed by atoms with Gasteiger partial charge in [-0.15, -0.1) is 0 Å². The van der Waals surface area contributed by atoms with Crippen molar-refractivity contribution in [3.05, 3.63) is 0 Å². The Morgan fingerprint density at radius 1 is 1.40 bits per heavy atom. The van der Waals surface area contributed by atoms with Gasteiger partial charge in [0.05, 0.1) is 6.54 Å². The van der Waals surface area contributed by atoms with E-state index in [0.717, 1.165) is 0 Å². The summed E-state index contributed by atoms with van der Waals surface area (Å²) < 4.78 is 48.9. The molecular formula is C9H16F4N2. The van der Waals surface area contributed by atoms with E-state index in [1.54, 1.807) is 0 Å². The molecule has 0 spiro atoms. The summed E-state index contributed by atoms with van der Waals surface area (Å²) >= 11 is 0. The van der Waals surface area contributed by atoms with Crippen LogP contribution in [0.3, 0.4) is 0 Å². The van der Waals surface area contributed by atoms with Crippen molar-refractivity contribution in [3.63, 3.8) is 0 Å². The second kappa shape index (κ2) is 5.12. The van der Waals surface area contributed by atoms with Gasteiger partial charge < -0.3 is 5.32 Å². The van der Waals surface area contributed by atoms with E-state index in [0.29, 0.717) is 19.4 Å². The molecule has 15 heavy (non-hydrogen) atoms. The topological polar surface area (TPSA) is 15.3 Å². The zero-order valence-electron chi connectivity index (χ0n) is 8.65. The van der Waals surface area contributed by atoms with Crippen molar-refractivity contribution in [2.24, 2.45) is 0 Å². The molecule has 1 aliphatic heterocycles. The maximum absolute atomic E-state index is 13.1. The van der Waals surface area contributed by atoms with E-state index < -0.39 is 18.9 Å². The van der Waals surface area contributed by atoms with Crippen molar-refractivity contribution in [2.75, 3.05) is 26.7 Å². The summed E-state index contributed by atoms with van der Waals surface area (Å²) in [4.78, 5) is 1.17. The van der Waals surface area contributed by atoms with E-state index in [2.05, 4.69) is 5.32 Å². The SMILES string of the molecule is CN(CCC1NCCC1F)CC(F)(F)F. The van der Waals surface area contributed by atoms with E-state index in [4.69, 9.17) is 0 Å². The largest absolute Gasteiger partial charge is 0.401 e. The lowest BCUT2D eigenvalue weighted by atomic mass is 10.1. The highest BCUT2D eigenvalue weighted by atomic mass is 19.4. The lowest BCUT2D eigenvalue weighted by Crippen LogP contribution is -2.36. The predicted molar refractivity (Wildman–Crippen MR) is 49.5 cm³/mol. The maximum atomic E-state index is 13.1. The van der Waals surface area contributed by atoms with Gasteiger partial charge in [0.15, 0.2) is 0 Å². The van der Waals surface area contributed by atoms with Gasteiger partial charge in [0.25, 0.3) is 0 Å². The first-order chi connectivity index (χ1) is 6.88. The van der Waals surface area contributed by atoms with Crippen LogP contribution in [-0.2, 0) is 0 Å². The molecule has 1 N–H and O–H groups in total. The quantitative estimate of drug-likeness (QED) is 0.735. The molecule has 1 heterocycles. The van der Waals surface area contributed by atoms with Crippen molar-refractivity contribution in [1.82, 2.24) is 10.2 Å². The Kier molecular flexibility index (Phi) is 4.33. The van der Waals surface area contributed by atoms with Crippen LogP contribution in [0.2, 0.25) is 0 Å². The van der Waals surface area contributed by atoms with E-state index in [1.807, 2.05) is 0 Å². The maximum Gasteiger partial charge on any atom is 0.401 e. The average molecular weight is 228 g/mol. The minimum atomic E-state index is -4.17. The molecule has 1 rings (SSSR count). The summed E-state index contributed by atoms with van der Waals surface area (Å²) in [7, 11) is 1.40. The number of nitrogens with one attached hydrogen (secondary N) is 1. The Labute approximate surface area is 86.6 Å². The zero-order valence-corrected chi connectivity index (χ0v) is 8.65. The lowest BCUT2D eigenvalue weighted by Gasteiger charge is -2.21. The lowest BCUT2D eigenvalue weighted by molar-refractivity contribution is -0.143. The fraction of sp³-hybridized carbons (Fsp3) is 1.00. The molecule has 1 fully saturated rings. The molecule has 0 amide bonds. The third-order valence-electron chi connectivity index (χ3n) is 2.53. The molecule has 0 aliphatic carbocycles. The first-order valence-corrected chi connectivity index (χ1v) is 5.01. The summed E-state index contributed by atoms with van der Waals surface area (Å²) in [5.41, 5.74) is 0. The van der Waals surface area contributed by atoms with E-state index in [1.165, 1.54) is 11.9 Å². The monoisotopic (exact) mass is 228 g/mol. The zero-order chi connectivity index (χ0) is 11.5. The summed E-state index contributed by atoms with van der Waals surface area (Å²) in [5, 5.41) is 2.94. The van der Waals surface area contributed by atoms with Gasteiger partial charge in [0, 0.05) is 6.04 Å². The number of halogens is 4. The fourth-order valence-electron chi connectivity index (χ4n) is 1.76. The van der Waals surface area contributed by atoms with Crippen molar-refractivity contribution in [3.8, 4) is 0 Å². The summed E-state index contributed by atoms with van der Waals surface area (Å²) in [6.07, 6.45) is -4.20. The number of alkyl halides is 4. The molecule has 0 bridgehead atoms. The second-order valence-corrected chi connectivity index (χ2v) is 4.01. The third kappa shape index (κ3) is 4.79. The molecule has 1 aliphatic rings. The highest BCUT2D eigenvalue weighted by Crippen LogP contribution is 2.17.